The fraction of sp³-hybridized carbons (Fsp3) is 0.294. The van der Waals surface area contributed by atoms with Crippen molar-refractivity contribution in [3.05, 3.63) is 53.9 Å². The number of nitrogens with zero attached hydrogens (tertiary/aromatic N) is 4. The molecule has 1 fully saturated rings. The van der Waals surface area contributed by atoms with E-state index in [1.165, 1.54) is 21.6 Å². The van der Waals surface area contributed by atoms with E-state index in [0.29, 0.717) is 12.2 Å². The third-order valence-electron chi connectivity index (χ3n) is 4.29. The Morgan fingerprint density at radius 1 is 1.08 bits per heavy atom. The molecule has 0 unspecified atom stereocenters. The lowest BCUT2D eigenvalue weighted by Gasteiger charge is -2.34. The number of fused-ring (bicyclic) bond motifs is 1. The smallest absolute Gasteiger partial charge is 0.150 e. The molecule has 124 valence electrons. The molecule has 0 bridgehead atoms. The minimum absolute atomic E-state index is 0.295. The molecule has 4 nitrogen and oxygen atoms in total. The van der Waals surface area contributed by atoms with Crippen LogP contribution < -0.4 is 4.90 Å². The van der Waals surface area contributed by atoms with E-state index in [-0.39, 0.29) is 0 Å². The first kappa shape index (κ1) is 15.4. The van der Waals surface area contributed by atoms with Crippen molar-refractivity contribution in [3.63, 3.8) is 0 Å². The van der Waals surface area contributed by atoms with Crippen molar-refractivity contribution < 1.29 is 8.78 Å². The molecule has 4 rings (SSSR count). The number of pyridine rings is 1. The zero-order chi connectivity index (χ0) is 16.5. The molecule has 0 radical (unpaired) electrons. The maximum Gasteiger partial charge on any atom is 0.150 e. The van der Waals surface area contributed by atoms with E-state index < -0.39 is 11.6 Å². The summed E-state index contributed by atoms with van der Waals surface area (Å²) in [6.45, 7) is 3.65. The first-order valence-electron chi connectivity index (χ1n) is 7.82. The van der Waals surface area contributed by atoms with Gasteiger partial charge in [-0.15, -0.1) is 0 Å². The lowest BCUT2D eigenvalue weighted by molar-refractivity contribution is 0.243. The molecule has 1 aromatic carbocycles. The van der Waals surface area contributed by atoms with Crippen molar-refractivity contribution in [3.8, 4) is 0 Å². The van der Waals surface area contributed by atoms with Crippen molar-refractivity contribution >= 4 is 27.4 Å². The highest BCUT2D eigenvalue weighted by Gasteiger charge is 2.21. The van der Waals surface area contributed by atoms with Gasteiger partial charge in [0.2, 0.25) is 0 Å². The molecule has 0 amide bonds. The standard InChI is InChI=1S/C17H16F2N4S/c18-12-9-14(19)15(20-10-12)11-22-5-7-23(8-6-22)17-13-3-1-2-4-16(13)24-21-17/h1-4,9-10H,5-8,11H2. The van der Waals surface area contributed by atoms with E-state index in [2.05, 4.69) is 31.3 Å². The van der Waals surface area contributed by atoms with Crippen LogP contribution in [0.1, 0.15) is 5.69 Å². The predicted octanol–water partition coefficient (Wildman–Crippen LogP) is 3.29. The Morgan fingerprint density at radius 2 is 1.88 bits per heavy atom. The summed E-state index contributed by atoms with van der Waals surface area (Å²) in [4.78, 5) is 8.27. The Bertz CT molecular complexity index is 859. The first-order chi connectivity index (χ1) is 11.7. The first-order valence-corrected chi connectivity index (χ1v) is 8.60. The summed E-state index contributed by atoms with van der Waals surface area (Å²) in [5.41, 5.74) is 0.295. The van der Waals surface area contributed by atoms with Crippen LogP contribution in [-0.4, -0.2) is 40.4 Å². The van der Waals surface area contributed by atoms with Crippen molar-refractivity contribution in [2.75, 3.05) is 31.1 Å². The van der Waals surface area contributed by atoms with Crippen LogP contribution in [0.2, 0.25) is 0 Å². The SMILES string of the molecule is Fc1cnc(CN2CCN(c3nsc4ccccc34)CC2)c(F)c1. The monoisotopic (exact) mass is 346 g/mol. The number of benzene rings is 1. The summed E-state index contributed by atoms with van der Waals surface area (Å²) in [5, 5.41) is 1.18. The van der Waals surface area contributed by atoms with Gasteiger partial charge in [0, 0.05) is 44.2 Å². The molecule has 2 aromatic heterocycles. The zero-order valence-electron chi connectivity index (χ0n) is 13.0. The van der Waals surface area contributed by atoms with Crippen molar-refractivity contribution in [1.29, 1.82) is 0 Å². The molecule has 3 aromatic rings. The molecular weight excluding hydrogens is 330 g/mol. The normalized spacial score (nSPS) is 16.0. The van der Waals surface area contributed by atoms with Gasteiger partial charge in [0.15, 0.2) is 0 Å². The molecule has 7 heteroatoms. The average molecular weight is 346 g/mol. The highest BCUT2D eigenvalue weighted by molar-refractivity contribution is 7.13. The molecule has 0 spiro atoms. The molecule has 3 heterocycles. The second-order valence-corrected chi connectivity index (χ2v) is 6.65. The van der Waals surface area contributed by atoms with Gasteiger partial charge in [0.1, 0.15) is 17.5 Å². The number of hydrogen-bond donors (Lipinski definition) is 0. The minimum Gasteiger partial charge on any atom is -0.353 e. The number of piperazine rings is 1. The Morgan fingerprint density at radius 3 is 2.67 bits per heavy atom. The largest absolute Gasteiger partial charge is 0.353 e. The van der Waals surface area contributed by atoms with E-state index in [9.17, 15) is 8.78 Å². The number of rotatable bonds is 3. The summed E-state index contributed by atoms with van der Waals surface area (Å²) in [7, 11) is 0. The fourth-order valence-electron chi connectivity index (χ4n) is 2.99. The molecule has 0 N–H and O–H groups in total. The van der Waals surface area contributed by atoms with Gasteiger partial charge in [-0.25, -0.2) is 8.78 Å². The van der Waals surface area contributed by atoms with Crippen LogP contribution in [0.4, 0.5) is 14.6 Å². The zero-order valence-corrected chi connectivity index (χ0v) is 13.8. The average Bonchev–Trinajstić information content (AvgIpc) is 3.02. The second kappa shape index (κ2) is 6.41. The van der Waals surface area contributed by atoms with Gasteiger partial charge in [-0.1, -0.05) is 12.1 Å². The number of halogens is 2. The van der Waals surface area contributed by atoms with Crippen LogP contribution in [0.25, 0.3) is 10.1 Å². The molecular formula is C17H16F2N4S. The lowest BCUT2D eigenvalue weighted by Crippen LogP contribution is -2.46. The van der Waals surface area contributed by atoms with Crippen LogP contribution in [0.5, 0.6) is 0 Å². The predicted molar refractivity (Wildman–Crippen MR) is 91.3 cm³/mol. The van der Waals surface area contributed by atoms with Crippen LogP contribution in [0.15, 0.2) is 36.5 Å². The van der Waals surface area contributed by atoms with Crippen molar-refractivity contribution in [2.24, 2.45) is 0 Å². The summed E-state index contributed by atoms with van der Waals surface area (Å²) >= 11 is 1.51. The van der Waals surface area contributed by atoms with Gasteiger partial charge in [-0.2, -0.15) is 4.37 Å². The van der Waals surface area contributed by atoms with Crippen LogP contribution in [-0.2, 0) is 6.54 Å². The maximum atomic E-state index is 13.7. The van der Waals surface area contributed by atoms with E-state index in [1.807, 2.05) is 12.1 Å². The van der Waals surface area contributed by atoms with Crippen LogP contribution in [0, 0.1) is 11.6 Å². The van der Waals surface area contributed by atoms with Crippen molar-refractivity contribution in [2.45, 2.75) is 6.54 Å². The number of hydrogen-bond acceptors (Lipinski definition) is 5. The minimum atomic E-state index is -0.642. The van der Waals surface area contributed by atoms with Gasteiger partial charge in [0.05, 0.1) is 16.6 Å². The summed E-state index contributed by atoms with van der Waals surface area (Å²) < 4.78 is 32.4. The number of aromatic nitrogens is 2. The van der Waals surface area contributed by atoms with Crippen molar-refractivity contribution in [1.82, 2.24) is 14.3 Å². The van der Waals surface area contributed by atoms with Gasteiger partial charge in [-0.3, -0.25) is 9.88 Å². The molecule has 1 saturated heterocycles. The highest BCUT2D eigenvalue weighted by atomic mass is 32.1. The van der Waals surface area contributed by atoms with Gasteiger partial charge in [-0.05, 0) is 23.7 Å². The second-order valence-electron chi connectivity index (χ2n) is 5.85. The third-order valence-corrected chi connectivity index (χ3v) is 5.10. The molecule has 1 aliphatic rings. The third kappa shape index (κ3) is 2.97. The van der Waals surface area contributed by atoms with E-state index in [4.69, 9.17) is 0 Å². The topological polar surface area (TPSA) is 32.3 Å². The van der Waals surface area contributed by atoms with E-state index in [0.717, 1.165) is 44.3 Å². The molecule has 0 atom stereocenters. The molecule has 0 aliphatic carbocycles. The van der Waals surface area contributed by atoms with Gasteiger partial charge < -0.3 is 4.90 Å². The highest BCUT2D eigenvalue weighted by Crippen LogP contribution is 2.29. The fourth-order valence-corrected chi connectivity index (χ4v) is 3.79. The quantitative estimate of drug-likeness (QED) is 0.728. The summed E-state index contributed by atoms with van der Waals surface area (Å²) in [6, 6.07) is 9.11. The summed E-state index contributed by atoms with van der Waals surface area (Å²) in [6.07, 6.45) is 1.07. The van der Waals surface area contributed by atoms with Gasteiger partial charge >= 0.3 is 0 Å². The molecule has 1 aliphatic heterocycles. The Labute approximate surface area is 142 Å². The Kier molecular flexibility index (Phi) is 4.12. The van der Waals surface area contributed by atoms with Crippen LogP contribution in [0.3, 0.4) is 0 Å². The Balaban J connectivity index is 1.43. The van der Waals surface area contributed by atoms with Gasteiger partial charge in [0.25, 0.3) is 0 Å². The molecule has 24 heavy (non-hydrogen) atoms. The van der Waals surface area contributed by atoms with E-state index >= 15 is 0 Å². The Hall–Kier alpha value is -2.12. The van der Waals surface area contributed by atoms with E-state index in [1.54, 1.807) is 0 Å². The number of anilines is 1. The maximum absolute atomic E-state index is 13.7. The van der Waals surface area contributed by atoms with Crippen LogP contribution >= 0.6 is 11.5 Å². The lowest BCUT2D eigenvalue weighted by atomic mass is 10.2. The summed E-state index contributed by atoms with van der Waals surface area (Å²) in [5.74, 6) is -0.194. The molecule has 0 saturated carbocycles.